The van der Waals surface area contributed by atoms with Crippen LogP contribution in [0, 0.1) is 0 Å². The van der Waals surface area contributed by atoms with E-state index in [1.54, 1.807) is 35.3 Å². The quantitative estimate of drug-likeness (QED) is 0.668. The molecule has 8 heteroatoms. The van der Waals surface area contributed by atoms with Gasteiger partial charge in [0, 0.05) is 18.1 Å². The highest BCUT2D eigenvalue weighted by Gasteiger charge is 2.25. The highest BCUT2D eigenvalue weighted by Crippen LogP contribution is 2.27. The normalized spacial score (nSPS) is 11.8. The number of rotatable bonds is 6. The Morgan fingerprint density at radius 2 is 2.03 bits per heavy atom. The lowest BCUT2D eigenvalue weighted by molar-refractivity contribution is -0.123. The molecule has 0 atom stereocenters. The van der Waals surface area contributed by atoms with Crippen molar-refractivity contribution in [2.75, 3.05) is 13.1 Å². The molecule has 8 nitrogen and oxygen atoms in total. The molecule has 3 heterocycles. The molecule has 0 fully saturated rings. The van der Waals surface area contributed by atoms with Crippen molar-refractivity contribution in [3.8, 4) is 11.5 Å². The summed E-state index contributed by atoms with van der Waals surface area (Å²) in [7, 11) is 0. The van der Waals surface area contributed by atoms with Crippen LogP contribution in [0.1, 0.15) is 57.9 Å². The van der Waals surface area contributed by atoms with Crippen LogP contribution in [0.25, 0.3) is 22.5 Å². The fourth-order valence-corrected chi connectivity index (χ4v) is 3.25. The zero-order chi connectivity index (χ0) is 22.1. The highest BCUT2D eigenvalue weighted by atomic mass is 16.3. The van der Waals surface area contributed by atoms with E-state index in [4.69, 9.17) is 9.40 Å². The number of likely N-dealkylation sites (N-methyl/N-ethyl adjacent to an activating group) is 1. The summed E-state index contributed by atoms with van der Waals surface area (Å²) in [5.74, 6) is 0.119. The number of fused-ring (bicyclic) bond motifs is 1. The van der Waals surface area contributed by atoms with Crippen LogP contribution in [0.4, 0.5) is 0 Å². The molecule has 3 rings (SSSR count). The topological polar surface area (TPSA) is 93.3 Å². The van der Waals surface area contributed by atoms with E-state index in [1.165, 1.54) is 4.90 Å². The molecule has 0 aliphatic heterocycles. The maximum absolute atomic E-state index is 13.4. The molecule has 0 aliphatic carbocycles. The molecule has 0 spiro atoms. The molecular formula is C22H29N5O3. The van der Waals surface area contributed by atoms with Gasteiger partial charge in [-0.2, -0.15) is 5.10 Å². The minimum Gasteiger partial charge on any atom is -0.463 e. The summed E-state index contributed by atoms with van der Waals surface area (Å²) in [6.07, 6.45) is 3.22. The van der Waals surface area contributed by atoms with Crippen LogP contribution < -0.4 is 5.32 Å². The van der Waals surface area contributed by atoms with Gasteiger partial charge in [-0.05, 0) is 59.7 Å². The predicted octanol–water partition coefficient (Wildman–Crippen LogP) is 3.65. The van der Waals surface area contributed by atoms with Gasteiger partial charge in [-0.1, -0.05) is 0 Å². The molecule has 2 amide bonds. The van der Waals surface area contributed by atoms with Gasteiger partial charge in [0.05, 0.1) is 30.0 Å². The van der Waals surface area contributed by atoms with Crippen molar-refractivity contribution in [1.82, 2.24) is 25.0 Å². The van der Waals surface area contributed by atoms with Gasteiger partial charge < -0.3 is 14.6 Å². The lowest BCUT2D eigenvalue weighted by atomic mass is 10.1. The standard InChI is InChI=1S/C22H29N5O3/c1-7-26(13-19(28)25-22(4,5)6)21(29)15-11-17(18-9-8-10-30-18)24-20-16(15)12-23-27(20)14(2)3/h8-12,14H,7,13H2,1-6H3,(H,25,28). The molecule has 3 aromatic heterocycles. The van der Waals surface area contributed by atoms with Gasteiger partial charge in [-0.3, -0.25) is 9.59 Å². The number of furan rings is 1. The SMILES string of the molecule is CCN(CC(=O)NC(C)(C)C)C(=O)c1cc(-c2ccco2)nc2c1cnn2C(C)C. The molecule has 0 bridgehead atoms. The van der Waals surface area contributed by atoms with Crippen molar-refractivity contribution in [1.29, 1.82) is 0 Å². The number of amides is 2. The van der Waals surface area contributed by atoms with Gasteiger partial charge in [-0.15, -0.1) is 0 Å². The van der Waals surface area contributed by atoms with Gasteiger partial charge in [0.1, 0.15) is 5.69 Å². The molecule has 0 aromatic carbocycles. The third-order valence-corrected chi connectivity index (χ3v) is 4.58. The lowest BCUT2D eigenvalue weighted by Crippen LogP contribution is -2.47. The summed E-state index contributed by atoms with van der Waals surface area (Å²) >= 11 is 0. The molecule has 0 unspecified atom stereocenters. The molecule has 0 aliphatic rings. The van der Waals surface area contributed by atoms with Crippen LogP contribution in [-0.4, -0.2) is 50.1 Å². The fraction of sp³-hybridized carbons (Fsp3) is 0.455. The van der Waals surface area contributed by atoms with Gasteiger partial charge in [0.2, 0.25) is 5.91 Å². The Morgan fingerprint density at radius 1 is 1.30 bits per heavy atom. The second kappa shape index (κ2) is 8.30. The Hall–Kier alpha value is -3.16. The third kappa shape index (κ3) is 4.53. The van der Waals surface area contributed by atoms with Gasteiger partial charge in [0.15, 0.2) is 11.4 Å². The van der Waals surface area contributed by atoms with E-state index in [-0.39, 0.29) is 29.9 Å². The minimum absolute atomic E-state index is 0.0230. The van der Waals surface area contributed by atoms with E-state index in [2.05, 4.69) is 10.4 Å². The highest BCUT2D eigenvalue weighted by molar-refractivity contribution is 6.07. The van der Waals surface area contributed by atoms with E-state index in [0.29, 0.717) is 34.6 Å². The van der Waals surface area contributed by atoms with Crippen LogP contribution in [-0.2, 0) is 4.79 Å². The summed E-state index contributed by atoms with van der Waals surface area (Å²) in [4.78, 5) is 32.1. The second-order valence-corrected chi connectivity index (χ2v) is 8.57. The Labute approximate surface area is 176 Å². The van der Waals surface area contributed by atoms with Crippen LogP contribution in [0.2, 0.25) is 0 Å². The number of hydrogen-bond acceptors (Lipinski definition) is 5. The first kappa shape index (κ1) is 21.5. The van der Waals surface area contributed by atoms with E-state index >= 15 is 0 Å². The number of carbonyl (C=O) groups is 2. The van der Waals surface area contributed by atoms with E-state index in [1.807, 2.05) is 41.5 Å². The van der Waals surface area contributed by atoms with Gasteiger partial charge >= 0.3 is 0 Å². The first-order chi connectivity index (χ1) is 14.1. The van der Waals surface area contributed by atoms with Crippen molar-refractivity contribution in [2.24, 2.45) is 0 Å². The first-order valence-electron chi connectivity index (χ1n) is 10.1. The van der Waals surface area contributed by atoms with Crippen LogP contribution in [0.5, 0.6) is 0 Å². The van der Waals surface area contributed by atoms with Gasteiger partial charge in [0.25, 0.3) is 5.91 Å². The average Bonchev–Trinajstić information content (AvgIpc) is 3.32. The van der Waals surface area contributed by atoms with E-state index < -0.39 is 0 Å². The number of nitrogens with one attached hydrogen (secondary N) is 1. The average molecular weight is 412 g/mol. The Balaban J connectivity index is 2.04. The predicted molar refractivity (Wildman–Crippen MR) is 115 cm³/mol. The summed E-state index contributed by atoms with van der Waals surface area (Å²) in [6.45, 7) is 12.0. The maximum atomic E-state index is 13.4. The van der Waals surface area contributed by atoms with Crippen LogP contribution in [0.3, 0.4) is 0 Å². The third-order valence-electron chi connectivity index (χ3n) is 4.58. The molecule has 3 aromatic rings. The monoisotopic (exact) mass is 411 g/mol. The maximum Gasteiger partial charge on any atom is 0.255 e. The number of carbonyl (C=O) groups excluding carboxylic acids is 2. The molecule has 1 N–H and O–H groups in total. The molecule has 160 valence electrons. The minimum atomic E-state index is -0.367. The molecule has 30 heavy (non-hydrogen) atoms. The van der Waals surface area contributed by atoms with Crippen molar-refractivity contribution in [3.05, 3.63) is 36.2 Å². The Kier molecular flexibility index (Phi) is 5.96. The largest absolute Gasteiger partial charge is 0.463 e. The molecular weight excluding hydrogens is 382 g/mol. The molecule has 0 saturated carbocycles. The Morgan fingerprint density at radius 3 is 2.60 bits per heavy atom. The number of pyridine rings is 1. The lowest BCUT2D eigenvalue weighted by Gasteiger charge is -2.25. The second-order valence-electron chi connectivity index (χ2n) is 8.57. The molecule has 0 saturated heterocycles. The van der Waals surface area contributed by atoms with Crippen LogP contribution >= 0.6 is 0 Å². The Bertz CT molecular complexity index is 1040. The summed E-state index contributed by atoms with van der Waals surface area (Å²) in [6, 6.07) is 5.36. The van der Waals surface area contributed by atoms with E-state index in [9.17, 15) is 9.59 Å². The summed E-state index contributed by atoms with van der Waals surface area (Å²) in [5.41, 5.74) is 1.24. The van der Waals surface area contributed by atoms with E-state index in [0.717, 1.165) is 0 Å². The van der Waals surface area contributed by atoms with Crippen molar-refractivity contribution in [3.63, 3.8) is 0 Å². The number of hydrogen-bond donors (Lipinski definition) is 1. The number of nitrogens with zero attached hydrogens (tertiary/aromatic N) is 4. The summed E-state index contributed by atoms with van der Waals surface area (Å²) in [5, 5.41) is 7.98. The zero-order valence-corrected chi connectivity index (χ0v) is 18.4. The smallest absolute Gasteiger partial charge is 0.255 e. The summed E-state index contributed by atoms with van der Waals surface area (Å²) < 4.78 is 7.28. The van der Waals surface area contributed by atoms with Crippen molar-refractivity contribution in [2.45, 2.75) is 53.1 Å². The zero-order valence-electron chi connectivity index (χ0n) is 18.4. The molecule has 0 radical (unpaired) electrons. The first-order valence-corrected chi connectivity index (χ1v) is 10.1. The fourth-order valence-electron chi connectivity index (χ4n) is 3.25. The number of aromatic nitrogens is 3. The van der Waals surface area contributed by atoms with Crippen LogP contribution in [0.15, 0.2) is 35.1 Å². The van der Waals surface area contributed by atoms with Crippen molar-refractivity contribution < 1.29 is 14.0 Å². The van der Waals surface area contributed by atoms with Gasteiger partial charge in [-0.25, -0.2) is 9.67 Å². The van der Waals surface area contributed by atoms with Crippen molar-refractivity contribution >= 4 is 22.8 Å².